The molecule has 16 heavy (non-hydrogen) atoms. The Balaban J connectivity index is 2.12. The number of amides is 1. The molecule has 0 aromatic heterocycles. The average molecular weight is 224 g/mol. The normalized spacial score (nSPS) is 38.3. The maximum atomic E-state index is 11.6. The summed E-state index contributed by atoms with van der Waals surface area (Å²) >= 11 is 0. The Morgan fingerprint density at radius 2 is 2.19 bits per heavy atom. The van der Waals surface area contributed by atoms with Crippen LogP contribution in [0, 0.1) is 5.92 Å². The van der Waals surface area contributed by atoms with Gasteiger partial charge in [-0.15, -0.1) is 0 Å². The molecule has 2 bridgehead atoms. The Morgan fingerprint density at radius 3 is 2.75 bits per heavy atom. The van der Waals surface area contributed by atoms with Gasteiger partial charge < -0.3 is 5.32 Å². The lowest BCUT2D eigenvalue weighted by Gasteiger charge is -2.65. The summed E-state index contributed by atoms with van der Waals surface area (Å²) in [5.74, 6) is 0.969. The topological polar surface area (TPSA) is 32.3 Å². The van der Waals surface area contributed by atoms with Crippen LogP contribution in [0.5, 0.6) is 0 Å². The van der Waals surface area contributed by atoms with Crippen molar-refractivity contribution in [2.75, 3.05) is 7.05 Å². The van der Waals surface area contributed by atoms with Crippen LogP contribution in [0.25, 0.3) is 0 Å². The first-order valence-corrected chi connectivity index (χ1v) is 6.47. The predicted molar refractivity (Wildman–Crippen MR) is 65.2 cm³/mol. The van der Waals surface area contributed by atoms with E-state index in [1.165, 1.54) is 19.3 Å². The number of piperidine rings is 1. The molecule has 92 valence electrons. The molecule has 1 amide bonds. The number of rotatable bonds is 3. The number of nitrogens with zero attached hydrogens (tertiary/aromatic N) is 1. The lowest BCUT2D eigenvalue weighted by atomic mass is 9.62. The van der Waals surface area contributed by atoms with Crippen molar-refractivity contribution in [2.24, 2.45) is 5.92 Å². The van der Waals surface area contributed by atoms with E-state index >= 15 is 0 Å². The molecular weight excluding hydrogens is 200 g/mol. The second-order valence-electron chi connectivity index (χ2n) is 5.98. The first-order valence-electron chi connectivity index (χ1n) is 6.47. The molecule has 0 radical (unpaired) electrons. The Bertz CT molecular complexity index is 290. The van der Waals surface area contributed by atoms with Crippen molar-refractivity contribution in [3.63, 3.8) is 0 Å². The largest absolute Gasteiger partial charge is 0.359 e. The second kappa shape index (κ2) is 4.02. The second-order valence-corrected chi connectivity index (χ2v) is 5.98. The van der Waals surface area contributed by atoms with Crippen LogP contribution in [0.15, 0.2) is 0 Å². The van der Waals surface area contributed by atoms with Crippen molar-refractivity contribution in [3.05, 3.63) is 0 Å². The molecule has 0 aromatic carbocycles. The van der Waals surface area contributed by atoms with E-state index in [0.29, 0.717) is 12.5 Å². The van der Waals surface area contributed by atoms with Gasteiger partial charge in [0.25, 0.3) is 0 Å². The number of hydrogen-bond acceptors (Lipinski definition) is 2. The van der Waals surface area contributed by atoms with E-state index < -0.39 is 0 Å². The molecule has 0 aromatic rings. The van der Waals surface area contributed by atoms with E-state index in [1.807, 2.05) is 0 Å². The van der Waals surface area contributed by atoms with Crippen LogP contribution >= 0.6 is 0 Å². The summed E-state index contributed by atoms with van der Waals surface area (Å²) in [6.45, 7) is 6.82. The molecule has 1 N–H and O–H groups in total. The highest BCUT2D eigenvalue weighted by Gasteiger charge is 2.57. The third-order valence-corrected chi connectivity index (χ3v) is 4.28. The summed E-state index contributed by atoms with van der Waals surface area (Å²) in [6.07, 6.45) is 4.41. The number of nitrogens with one attached hydrogen (secondary N) is 1. The fourth-order valence-corrected chi connectivity index (χ4v) is 4.09. The van der Waals surface area contributed by atoms with Gasteiger partial charge in [-0.3, -0.25) is 9.69 Å². The molecule has 2 saturated heterocycles. The predicted octanol–water partition coefficient (Wildman–Crippen LogP) is 1.77. The molecule has 3 fully saturated rings. The molecule has 3 unspecified atom stereocenters. The van der Waals surface area contributed by atoms with Gasteiger partial charge in [0, 0.05) is 31.1 Å². The lowest BCUT2D eigenvalue weighted by molar-refractivity contribution is -0.160. The lowest BCUT2D eigenvalue weighted by Crippen LogP contribution is -2.72. The minimum absolute atomic E-state index is 0.177. The van der Waals surface area contributed by atoms with Gasteiger partial charge in [0.2, 0.25) is 5.91 Å². The highest BCUT2D eigenvalue weighted by Crippen LogP contribution is 2.52. The van der Waals surface area contributed by atoms with Crippen LogP contribution in [0.3, 0.4) is 0 Å². The van der Waals surface area contributed by atoms with E-state index in [2.05, 4.69) is 31.0 Å². The van der Waals surface area contributed by atoms with Crippen LogP contribution in [-0.2, 0) is 4.79 Å². The zero-order valence-corrected chi connectivity index (χ0v) is 10.9. The standard InChI is InChI=1S/C13H24N2O/c1-9(2)15-11-5-10(3)6-13(15,7-11)8-12(16)14-4/h9-11H,5-8H2,1-4H3,(H,14,16). The maximum absolute atomic E-state index is 11.6. The molecule has 3 aliphatic rings. The Morgan fingerprint density at radius 1 is 1.50 bits per heavy atom. The molecule has 3 rings (SSSR count). The number of fused-ring (bicyclic) bond motifs is 2. The quantitative estimate of drug-likeness (QED) is 0.792. The Kier molecular flexibility index (Phi) is 2.99. The Hall–Kier alpha value is -0.570. The molecule has 2 heterocycles. The van der Waals surface area contributed by atoms with Crippen molar-refractivity contribution in [1.82, 2.24) is 10.2 Å². The molecule has 1 saturated carbocycles. The first-order chi connectivity index (χ1) is 7.48. The smallest absolute Gasteiger partial charge is 0.221 e. The fourth-order valence-electron chi connectivity index (χ4n) is 4.09. The number of carbonyl (C=O) groups is 1. The molecule has 1 aliphatic carbocycles. The van der Waals surface area contributed by atoms with E-state index in [-0.39, 0.29) is 11.4 Å². The third kappa shape index (κ3) is 1.75. The molecular formula is C13H24N2O. The summed E-state index contributed by atoms with van der Waals surface area (Å²) < 4.78 is 0. The van der Waals surface area contributed by atoms with Crippen LogP contribution in [0.2, 0.25) is 0 Å². The van der Waals surface area contributed by atoms with Gasteiger partial charge in [-0.05, 0) is 39.0 Å². The molecule has 3 heteroatoms. The highest BCUT2D eigenvalue weighted by atomic mass is 16.1. The van der Waals surface area contributed by atoms with Gasteiger partial charge in [-0.2, -0.15) is 0 Å². The van der Waals surface area contributed by atoms with Gasteiger partial charge in [0.15, 0.2) is 0 Å². The van der Waals surface area contributed by atoms with E-state index in [4.69, 9.17) is 0 Å². The van der Waals surface area contributed by atoms with Gasteiger partial charge in [0.1, 0.15) is 0 Å². The first kappa shape index (κ1) is 11.9. The van der Waals surface area contributed by atoms with E-state index in [1.54, 1.807) is 7.05 Å². The zero-order chi connectivity index (χ0) is 11.9. The van der Waals surface area contributed by atoms with Crippen LogP contribution < -0.4 is 5.32 Å². The van der Waals surface area contributed by atoms with Crippen molar-refractivity contribution in [1.29, 1.82) is 0 Å². The summed E-state index contributed by atoms with van der Waals surface area (Å²) in [6, 6.07) is 1.30. The van der Waals surface area contributed by atoms with Gasteiger partial charge in [-0.25, -0.2) is 0 Å². The van der Waals surface area contributed by atoms with Gasteiger partial charge in [-0.1, -0.05) is 6.92 Å². The van der Waals surface area contributed by atoms with Gasteiger partial charge in [0.05, 0.1) is 0 Å². The third-order valence-electron chi connectivity index (χ3n) is 4.28. The van der Waals surface area contributed by atoms with Crippen LogP contribution in [-0.4, -0.2) is 35.5 Å². The molecule has 3 atom stereocenters. The van der Waals surface area contributed by atoms with Crippen molar-refractivity contribution in [3.8, 4) is 0 Å². The van der Waals surface area contributed by atoms with Crippen LogP contribution in [0.1, 0.15) is 46.5 Å². The van der Waals surface area contributed by atoms with Crippen molar-refractivity contribution < 1.29 is 4.79 Å². The molecule has 3 nitrogen and oxygen atoms in total. The molecule has 2 aliphatic heterocycles. The van der Waals surface area contributed by atoms with Gasteiger partial charge >= 0.3 is 0 Å². The van der Waals surface area contributed by atoms with E-state index in [0.717, 1.165) is 12.0 Å². The SMILES string of the molecule is CNC(=O)CC12CC(C)CC(C1)N2C(C)C. The minimum Gasteiger partial charge on any atom is -0.359 e. The summed E-state index contributed by atoms with van der Waals surface area (Å²) in [7, 11) is 1.74. The maximum Gasteiger partial charge on any atom is 0.221 e. The van der Waals surface area contributed by atoms with E-state index in [9.17, 15) is 4.79 Å². The van der Waals surface area contributed by atoms with Crippen molar-refractivity contribution in [2.45, 2.75) is 64.1 Å². The summed E-state index contributed by atoms with van der Waals surface area (Å²) in [5, 5.41) is 2.77. The number of carbonyl (C=O) groups excluding carboxylic acids is 1. The average Bonchev–Trinajstić information content (AvgIpc) is 2.14. The summed E-state index contributed by atoms with van der Waals surface area (Å²) in [4.78, 5) is 14.2. The highest BCUT2D eigenvalue weighted by molar-refractivity contribution is 5.77. The zero-order valence-electron chi connectivity index (χ0n) is 10.9. The molecule has 0 spiro atoms. The monoisotopic (exact) mass is 224 g/mol. The fraction of sp³-hybridized carbons (Fsp3) is 0.923. The summed E-state index contributed by atoms with van der Waals surface area (Å²) in [5.41, 5.74) is 0.177. The number of hydrogen-bond donors (Lipinski definition) is 1. The minimum atomic E-state index is 0.177. The van der Waals surface area contributed by atoms with Crippen LogP contribution in [0.4, 0.5) is 0 Å². The van der Waals surface area contributed by atoms with Crippen molar-refractivity contribution >= 4 is 5.91 Å². The Labute approximate surface area is 98.6 Å².